The van der Waals surface area contributed by atoms with Gasteiger partial charge in [0.25, 0.3) is 0 Å². The predicted octanol–water partition coefficient (Wildman–Crippen LogP) is 5.60. The zero-order valence-corrected chi connectivity index (χ0v) is 21.2. The minimum Gasteiger partial charge on any atom is -0.497 e. The molecular weight excluding hydrogens is 468 g/mol. The van der Waals surface area contributed by atoms with Crippen molar-refractivity contribution >= 4 is 11.8 Å². The van der Waals surface area contributed by atoms with Crippen molar-refractivity contribution in [2.45, 2.75) is 19.5 Å². The molecule has 0 saturated heterocycles. The van der Waals surface area contributed by atoms with E-state index < -0.39 is 5.97 Å². The number of methoxy groups -OCH3 is 3. The highest BCUT2D eigenvalue weighted by molar-refractivity contribution is 5.91. The summed E-state index contributed by atoms with van der Waals surface area (Å²) in [5.74, 6) is 1.94. The van der Waals surface area contributed by atoms with Crippen molar-refractivity contribution in [1.82, 2.24) is 4.98 Å². The van der Waals surface area contributed by atoms with Crippen LogP contribution in [0, 0.1) is 0 Å². The Morgan fingerprint density at radius 3 is 1.54 bits per heavy atom. The van der Waals surface area contributed by atoms with E-state index in [1.165, 1.54) is 0 Å². The van der Waals surface area contributed by atoms with Crippen LogP contribution in [0.25, 0.3) is 0 Å². The number of rotatable bonds is 11. The third-order valence-corrected chi connectivity index (χ3v) is 6.17. The van der Waals surface area contributed by atoms with Crippen LogP contribution in [0.15, 0.2) is 85.1 Å². The maximum atomic E-state index is 12.3. The van der Waals surface area contributed by atoms with E-state index in [1.54, 1.807) is 33.6 Å². The fourth-order valence-corrected chi connectivity index (χ4v) is 4.18. The van der Waals surface area contributed by atoms with Crippen LogP contribution in [0.2, 0.25) is 0 Å². The maximum Gasteiger partial charge on any atom is 0.336 e. The Morgan fingerprint density at radius 2 is 1.14 bits per heavy atom. The zero-order valence-electron chi connectivity index (χ0n) is 21.2. The molecule has 0 unspecified atom stereocenters. The van der Waals surface area contributed by atoms with Gasteiger partial charge in [-0.3, -0.25) is 0 Å². The zero-order chi connectivity index (χ0) is 26.2. The van der Waals surface area contributed by atoms with Crippen molar-refractivity contribution in [3.05, 3.63) is 113 Å². The predicted molar refractivity (Wildman–Crippen MR) is 143 cm³/mol. The minimum atomic E-state index is -0.985. The third-order valence-electron chi connectivity index (χ3n) is 6.17. The summed E-state index contributed by atoms with van der Waals surface area (Å²) in [7, 11) is 4.89. The molecule has 7 nitrogen and oxygen atoms in total. The Morgan fingerprint density at radius 1 is 0.703 bits per heavy atom. The number of aromatic carboxylic acids is 1. The number of carboxylic acid groups (broad SMARTS) is 1. The number of aromatic nitrogens is 1. The highest BCUT2D eigenvalue weighted by Gasteiger charge is 2.21. The highest BCUT2D eigenvalue weighted by atomic mass is 16.5. The molecule has 0 atom stereocenters. The average molecular weight is 499 g/mol. The van der Waals surface area contributed by atoms with E-state index in [2.05, 4.69) is 4.90 Å². The molecule has 0 radical (unpaired) electrons. The normalized spacial score (nSPS) is 10.6. The van der Waals surface area contributed by atoms with E-state index in [9.17, 15) is 9.90 Å². The van der Waals surface area contributed by atoms with Gasteiger partial charge in [0.1, 0.15) is 23.1 Å². The van der Waals surface area contributed by atoms with Crippen LogP contribution >= 0.6 is 0 Å². The molecular formula is C30H30N2O5. The fourth-order valence-electron chi connectivity index (χ4n) is 4.18. The second-order valence-electron chi connectivity index (χ2n) is 8.54. The molecule has 1 aromatic heterocycles. The molecule has 4 rings (SSSR count). The van der Waals surface area contributed by atoms with Crippen molar-refractivity contribution in [3.8, 4) is 17.2 Å². The van der Waals surface area contributed by atoms with Crippen LogP contribution in [-0.4, -0.2) is 37.4 Å². The molecule has 7 heteroatoms. The van der Waals surface area contributed by atoms with E-state index in [0.29, 0.717) is 30.9 Å². The van der Waals surface area contributed by atoms with Crippen molar-refractivity contribution in [1.29, 1.82) is 0 Å². The minimum absolute atomic E-state index is 0.232. The molecule has 1 heterocycles. The molecule has 1 N–H and O–H groups in total. The second kappa shape index (κ2) is 11.9. The van der Waals surface area contributed by atoms with Gasteiger partial charge in [0.2, 0.25) is 0 Å². The van der Waals surface area contributed by atoms with Crippen LogP contribution < -0.4 is 19.1 Å². The van der Waals surface area contributed by atoms with Crippen molar-refractivity contribution in [3.63, 3.8) is 0 Å². The summed E-state index contributed by atoms with van der Waals surface area (Å²) in [6.07, 6.45) is 1.97. The first-order valence-corrected chi connectivity index (χ1v) is 11.9. The van der Waals surface area contributed by atoms with Crippen molar-refractivity contribution < 1.29 is 24.1 Å². The van der Waals surface area contributed by atoms with Gasteiger partial charge in [0, 0.05) is 31.3 Å². The van der Waals surface area contributed by atoms with Gasteiger partial charge in [-0.25, -0.2) is 9.78 Å². The fraction of sp³-hybridized carbons (Fsp3) is 0.200. The molecule has 0 aliphatic rings. The van der Waals surface area contributed by atoms with E-state index in [1.807, 2.05) is 72.8 Å². The molecule has 0 fully saturated rings. The van der Waals surface area contributed by atoms with Gasteiger partial charge in [-0.05, 0) is 59.2 Å². The molecule has 4 aromatic rings. The summed E-state index contributed by atoms with van der Waals surface area (Å²) in [4.78, 5) is 19.1. The van der Waals surface area contributed by atoms with Crippen molar-refractivity contribution in [2.24, 2.45) is 0 Å². The molecule has 0 spiro atoms. The molecule has 0 saturated carbocycles. The average Bonchev–Trinajstić information content (AvgIpc) is 2.94. The smallest absolute Gasteiger partial charge is 0.336 e. The Labute approximate surface area is 216 Å². The quantitative estimate of drug-likeness (QED) is 0.288. The van der Waals surface area contributed by atoms with Gasteiger partial charge in [0.15, 0.2) is 0 Å². The monoisotopic (exact) mass is 498 g/mol. The number of anilines is 1. The van der Waals surface area contributed by atoms with Gasteiger partial charge in [0.05, 0.1) is 26.9 Å². The number of hydrogen-bond donors (Lipinski definition) is 1. The molecule has 190 valence electrons. The second-order valence-corrected chi connectivity index (χ2v) is 8.54. The lowest BCUT2D eigenvalue weighted by Gasteiger charge is -2.27. The largest absolute Gasteiger partial charge is 0.497 e. The van der Waals surface area contributed by atoms with Gasteiger partial charge in [-0.2, -0.15) is 0 Å². The number of hydrogen-bond acceptors (Lipinski definition) is 6. The molecule has 0 aliphatic heterocycles. The first kappa shape index (κ1) is 25.6. The summed E-state index contributed by atoms with van der Waals surface area (Å²) in [5.41, 5.74) is 3.95. The van der Waals surface area contributed by atoms with Gasteiger partial charge >= 0.3 is 5.97 Å². The summed E-state index contributed by atoms with van der Waals surface area (Å²) in [6.45, 7) is 1.06. The first-order valence-electron chi connectivity index (χ1n) is 11.9. The molecule has 37 heavy (non-hydrogen) atoms. The number of pyridine rings is 1. The van der Waals surface area contributed by atoms with Crippen LogP contribution in [0.5, 0.6) is 17.2 Å². The van der Waals surface area contributed by atoms with Crippen molar-refractivity contribution in [2.75, 3.05) is 26.2 Å². The topological polar surface area (TPSA) is 81.1 Å². The molecule has 0 bridgehead atoms. The molecule has 0 aliphatic carbocycles. The lowest BCUT2D eigenvalue weighted by molar-refractivity contribution is 0.0695. The van der Waals surface area contributed by atoms with E-state index in [4.69, 9.17) is 19.2 Å². The summed E-state index contributed by atoms with van der Waals surface area (Å²) in [6, 6.07) is 24.9. The van der Waals surface area contributed by atoms with Crippen LogP contribution in [0.4, 0.5) is 5.82 Å². The van der Waals surface area contributed by atoms with E-state index in [-0.39, 0.29) is 5.56 Å². The Balaban J connectivity index is 1.76. The molecule has 0 amide bonds. The van der Waals surface area contributed by atoms with Gasteiger partial charge in [-0.15, -0.1) is 0 Å². The Bertz CT molecular complexity index is 1270. The highest BCUT2D eigenvalue weighted by Crippen LogP contribution is 2.29. The summed E-state index contributed by atoms with van der Waals surface area (Å²) in [5, 5.41) is 10.0. The Kier molecular flexibility index (Phi) is 8.26. The lowest BCUT2D eigenvalue weighted by Crippen LogP contribution is -2.25. The number of ether oxygens (including phenoxy) is 3. The summed E-state index contributed by atoms with van der Waals surface area (Å²) < 4.78 is 15.9. The Hall–Kier alpha value is -4.52. The molecule has 3 aromatic carbocycles. The standard InChI is InChI=1S/C30H30N2O5/c1-35-24-10-4-21(5-11-24)18-28-27(30(33)34)16-17-31-29(28)32(19-22-6-12-25(36-2)13-7-22)20-23-8-14-26(37-3)15-9-23/h4-17H,18-20H2,1-3H3,(H,33,34). The van der Waals surface area contributed by atoms with Crippen LogP contribution in [-0.2, 0) is 19.5 Å². The number of benzene rings is 3. The SMILES string of the molecule is COc1ccc(Cc2c(C(=O)O)ccnc2N(Cc2ccc(OC)cc2)Cc2ccc(OC)cc2)cc1. The summed E-state index contributed by atoms with van der Waals surface area (Å²) >= 11 is 0. The van der Waals surface area contributed by atoms with Crippen LogP contribution in [0.3, 0.4) is 0 Å². The first-order chi connectivity index (χ1) is 18.0. The number of nitrogens with zero attached hydrogens (tertiary/aromatic N) is 2. The lowest BCUT2D eigenvalue weighted by atomic mass is 9.99. The number of carbonyl (C=O) groups is 1. The van der Waals surface area contributed by atoms with Gasteiger partial charge in [-0.1, -0.05) is 36.4 Å². The number of carboxylic acids is 1. The maximum absolute atomic E-state index is 12.3. The van der Waals surface area contributed by atoms with E-state index >= 15 is 0 Å². The van der Waals surface area contributed by atoms with Crippen LogP contribution in [0.1, 0.15) is 32.6 Å². The van der Waals surface area contributed by atoms with Gasteiger partial charge < -0.3 is 24.2 Å². The third kappa shape index (κ3) is 6.38. The van der Waals surface area contributed by atoms with E-state index in [0.717, 1.165) is 33.9 Å².